The summed E-state index contributed by atoms with van der Waals surface area (Å²) >= 11 is 0. The Labute approximate surface area is 121 Å². The van der Waals surface area contributed by atoms with Gasteiger partial charge in [-0.3, -0.25) is 10.1 Å². The molecule has 0 amide bonds. The van der Waals surface area contributed by atoms with E-state index in [1.807, 2.05) is 0 Å². The Morgan fingerprint density at radius 1 is 1.14 bits per heavy atom. The van der Waals surface area contributed by atoms with Crippen molar-refractivity contribution < 1.29 is 19.5 Å². The van der Waals surface area contributed by atoms with Crippen LogP contribution in [-0.2, 0) is 0 Å². The maximum absolute atomic E-state index is 11.0. The molecule has 2 rings (SSSR count). The number of methoxy groups -OCH3 is 1. The minimum Gasteiger partial charge on any atom is -0.497 e. The summed E-state index contributed by atoms with van der Waals surface area (Å²) in [7, 11) is 1.47. The third-order valence-electron chi connectivity index (χ3n) is 2.95. The van der Waals surface area contributed by atoms with E-state index in [1.165, 1.54) is 25.3 Å². The number of nitrogens with zero attached hydrogens (tertiary/aromatic N) is 1. The lowest BCUT2D eigenvalue weighted by atomic mass is 10.1. The third kappa shape index (κ3) is 3.49. The quantitative estimate of drug-likeness (QED) is 0.673. The van der Waals surface area contributed by atoms with E-state index in [0.717, 1.165) is 5.56 Å². The Morgan fingerprint density at radius 2 is 1.76 bits per heavy atom. The van der Waals surface area contributed by atoms with Crippen LogP contribution in [0.25, 0.3) is 0 Å². The molecule has 0 fully saturated rings. The molecule has 0 unspecified atom stereocenters. The fourth-order valence-electron chi connectivity index (χ4n) is 1.80. The molecule has 1 atom stereocenters. The lowest BCUT2D eigenvalue weighted by Gasteiger charge is -2.09. The van der Waals surface area contributed by atoms with Crippen molar-refractivity contribution in [1.82, 2.24) is 0 Å². The molecule has 0 saturated carbocycles. The first kappa shape index (κ1) is 14.8. The maximum atomic E-state index is 11.0. The molecule has 0 aliphatic rings. The van der Waals surface area contributed by atoms with Crippen LogP contribution in [-0.4, -0.2) is 17.1 Å². The van der Waals surface area contributed by atoms with E-state index in [4.69, 9.17) is 9.47 Å². The van der Waals surface area contributed by atoms with Gasteiger partial charge in [-0.15, -0.1) is 0 Å². The van der Waals surface area contributed by atoms with Crippen molar-refractivity contribution in [2.45, 2.75) is 13.0 Å². The van der Waals surface area contributed by atoms with Crippen LogP contribution in [0.2, 0.25) is 0 Å². The standard InChI is InChI=1S/C15H15NO5/c1-10(17)11-3-5-12(6-4-11)21-15-9-13(20-2)7-8-14(15)16(18)19/h3-10,17H,1-2H3/t10-/m1/s1. The topological polar surface area (TPSA) is 81.8 Å². The number of nitro benzene ring substituents is 1. The number of aliphatic hydroxyl groups excluding tert-OH is 1. The van der Waals surface area contributed by atoms with Crippen molar-refractivity contribution in [1.29, 1.82) is 0 Å². The molecule has 0 heterocycles. The largest absolute Gasteiger partial charge is 0.497 e. The van der Waals surface area contributed by atoms with Crippen LogP contribution in [0.15, 0.2) is 42.5 Å². The van der Waals surface area contributed by atoms with Crippen LogP contribution >= 0.6 is 0 Å². The highest BCUT2D eigenvalue weighted by molar-refractivity contribution is 5.52. The molecule has 0 aromatic heterocycles. The molecule has 2 aromatic rings. The average Bonchev–Trinajstić information content (AvgIpc) is 2.47. The van der Waals surface area contributed by atoms with Gasteiger partial charge in [0.1, 0.15) is 11.5 Å². The van der Waals surface area contributed by atoms with Crippen LogP contribution in [0.3, 0.4) is 0 Å². The monoisotopic (exact) mass is 289 g/mol. The van der Waals surface area contributed by atoms with Gasteiger partial charge < -0.3 is 14.6 Å². The minimum absolute atomic E-state index is 0.101. The van der Waals surface area contributed by atoms with E-state index in [2.05, 4.69) is 0 Å². The lowest BCUT2D eigenvalue weighted by Crippen LogP contribution is -1.95. The first-order valence-corrected chi connectivity index (χ1v) is 6.29. The zero-order valence-corrected chi connectivity index (χ0v) is 11.6. The first-order valence-electron chi connectivity index (χ1n) is 6.29. The smallest absolute Gasteiger partial charge is 0.311 e. The highest BCUT2D eigenvalue weighted by atomic mass is 16.6. The van der Waals surface area contributed by atoms with Crippen molar-refractivity contribution in [3.05, 3.63) is 58.1 Å². The molecule has 0 aliphatic carbocycles. The molecule has 0 aliphatic heterocycles. The second kappa shape index (κ2) is 6.23. The Morgan fingerprint density at radius 3 is 2.29 bits per heavy atom. The fraction of sp³-hybridized carbons (Fsp3) is 0.200. The number of hydrogen-bond acceptors (Lipinski definition) is 5. The molecule has 0 saturated heterocycles. The van der Waals surface area contributed by atoms with Crippen molar-refractivity contribution >= 4 is 5.69 Å². The summed E-state index contributed by atoms with van der Waals surface area (Å²) in [6, 6.07) is 11.0. The Bertz CT molecular complexity index is 637. The van der Waals surface area contributed by atoms with E-state index in [0.29, 0.717) is 11.5 Å². The van der Waals surface area contributed by atoms with E-state index < -0.39 is 11.0 Å². The molecule has 6 nitrogen and oxygen atoms in total. The second-order valence-corrected chi connectivity index (χ2v) is 4.44. The number of rotatable bonds is 5. The summed E-state index contributed by atoms with van der Waals surface area (Å²) in [5.74, 6) is 1.01. The number of aliphatic hydroxyl groups is 1. The number of ether oxygens (including phenoxy) is 2. The SMILES string of the molecule is COc1ccc([N+](=O)[O-])c(Oc2ccc([C@@H](C)O)cc2)c1. The van der Waals surface area contributed by atoms with Gasteiger partial charge in [0.25, 0.3) is 0 Å². The van der Waals surface area contributed by atoms with Crippen molar-refractivity contribution in [3.63, 3.8) is 0 Å². The predicted octanol–water partition coefficient (Wildman–Crippen LogP) is 3.45. The van der Waals surface area contributed by atoms with Gasteiger partial charge in [-0.25, -0.2) is 0 Å². The fourth-order valence-corrected chi connectivity index (χ4v) is 1.80. The van der Waals surface area contributed by atoms with Gasteiger partial charge in [-0.2, -0.15) is 0 Å². The molecular formula is C15H15NO5. The van der Waals surface area contributed by atoms with Crippen LogP contribution in [0.1, 0.15) is 18.6 Å². The van der Waals surface area contributed by atoms with Crippen LogP contribution < -0.4 is 9.47 Å². The molecule has 21 heavy (non-hydrogen) atoms. The minimum atomic E-state index is -0.579. The van der Waals surface area contributed by atoms with Gasteiger partial charge in [0.2, 0.25) is 5.75 Å². The lowest BCUT2D eigenvalue weighted by molar-refractivity contribution is -0.385. The van der Waals surface area contributed by atoms with Gasteiger partial charge in [0, 0.05) is 12.1 Å². The maximum Gasteiger partial charge on any atom is 0.311 e. The molecule has 6 heteroatoms. The zero-order valence-electron chi connectivity index (χ0n) is 11.6. The van der Waals surface area contributed by atoms with Crippen LogP contribution in [0.4, 0.5) is 5.69 Å². The molecular weight excluding hydrogens is 274 g/mol. The van der Waals surface area contributed by atoms with Crippen molar-refractivity contribution in [2.75, 3.05) is 7.11 Å². The first-order chi connectivity index (χ1) is 10.0. The molecule has 0 spiro atoms. The summed E-state index contributed by atoms with van der Waals surface area (Å²) in [6.07, 6.45) is -0.579. The summed E-state index contributed by atoms with van der Waals surface area (Å²) in [4.78, 5) is 10.5. The zero-order chi connectivity index (χ0) is 15.4. The number of hydrogen-bond donors (Lipinski definition) is 1. The summed E-state index contributed by atoms with van der Waals surface area (Å²) in [5.41, 5.74) is 0.595. The highest BCUT2D eigenvalue weighted by Gasteiger charge is 2.17. The Balaban J connectivity index is 2.31. The summed E-state index contributed by atoms with van der Waals surface area (Å²) in [6.45, 7) is 1.66. The van der Waals surface area contributed by atoms with Crippen molar-refractivity contribution in [3.8, 4) is 17.2 Å². The van der Waals surface area contributed by atoms with E-state index in [9.17, 15) is 15.2 Å². The predicted molar refractivity (Wildman–Crippen MR) is 76.8 cm³/mol. The van der Waals surface area contributed by atoms with E-state index in [1.54, 1.807) is 31.2 Å². The van der Waals surface area contributed by atoms with Gasteiger partial charge in [-0.1, -0.05) is 12.1 Å². The van der Waals surface area contributed by atoms with E-state index >= 15 is 0 Å². The van der Waals surface area contributed by atoms with Gasteiger partial charge >= 0.3 is 5.69 Å². The van der Waals surface area contributed by atoms with Crippen molar-refractivity contribution in [2.24, 2.45) is 0 Å². The van der Waals surface area contributed by atoms with Crippen LogP contribution in [0, 0.1) is 10.1 Å². The molecule has 110 valence electrons. The summed E-state index contributed by atoms with van der Waals surface area (Å²) in [5, 5.41) is 20.4. The molecule has 0 bridgehead atoms. The summed E-state index contributed by atoms with van der Waals surface area (Å²) < 4.78 is 10.6. The molecule has 0 radical (unpaired) electrons. The van der Waals surface area contributed by atoms with Gasteiger partial charge in [-0.05, 0) is 30.7 Å². The average molecular weight is 289 g/mol. The highest BCUT2D eigenvalue weighted by Crippen LogP contribution is 2.34. The number of benzene rings is 2. The van der Waals surface area contributed by atoms with Gasteiger partial charge in [0.15, 0.2) is 0 Å². The van der Waals surface area contributed by atoms with E-state index in [-0.39, 0.29) is 11.4 Å². The molecule has 1 N–H and O–H groups in total. The van der Waals surface area contributed by atoms with Crippen LogP contribution in [0.5, 0.6) is 17.2 Å². The second-order valence-electron chi connectivity index (χ2n) is 4.44. The normalized spacial score (nSPS) is 11.8. The third-order valence-corrected chi connectivity index (χ3v) is 2.95. The molecule has 2 aromatic carbocycles. The number of nitro groups is 1. The van der Waals surface area contributed by atoms with Gasteiger partial charge in [0.05, 0.1) is 18.1 Å². The Kier molecular flexibility index (Phi) is 4.39. The Hall–Kier alpha value is -2.60.